The molecule has 0 saturated heterocycles. The van der Waals surface area contributed by atoms with Crippen molar-refractivity contribution in [2.45, 2.75) is 26.2 Å². The Balaban J connectivity index is 2.07. The van der Waals surface area contributed by atoms with Crippen LogP contribution in [0.15, 0.2) is 36.4 Å². The minimum Gasteiger partial charge on any atom is -0.399 e. The average molecular weight is 368 g/mol. The number of nitro groups is 1. The Bertz CT molecular complexity index is 951. The molecule has 8 heteroatoms. The second kappa shape index (κ2) is 6.39. The van der Waals surface area contributed by atoms with Crippen molar-refractivity contribution >= 4 is 34.6 Å². The number of nitrogens with two attached hydrogens (primary N) is 1. The standard InChI is InChI=1S/C19H20N4O4/c1-4-22-15-10-16(23(26)27)14(9-13(15)19(2,3)18(22)25)21-17(24)11-5-7-12(20)8-6-11/h5-10H,4,20H2,1-3H3,(H,21,24). The lowest BCUT2D eigenvalue weighted by atomic mass is 9.85. The van der Waals surface area contributed by atoms with E-state index in [4.69, 9.17) is 5.73 Å². The van der Waals surface area contributed by atoms with Gasteiger partial charge in [-0.25, -0.2) is 0 Å². The molecule has 3 rings (SSSR count). The van der Waals surface area contributed by atoms with Crippen molar-refractivity contribution in [2.75, 3.05) is 22.5 Å². The summed E-state index contributed by atoms with van der Waals surface area (Å²) < 4.78 is 0. The third-order valence-corrected chi connectivity index (χ3v) is 4.79. The summed E-state index contributed by atoms with van der Waals surface area (Å²) in [6, 6.07) is 9.10. The van der Waals surface area contributed by atoms with Crippen molar-refractivity contribution in [3.05, 3.63) is 57.6 Å². The zero-order valence-electron chi connectivity index (χ0n) is 15.3. The Morgan fingerprint density at radius 1 is 1.26 bits per heavy atom. The zero-order chi connectivity index (χ0) is 19.9. The Morgan fingerprint density at radius 2 is 1.89 bits per heavy atom. The van der Waals surface area contributed by atoms with Crippen molar-refractivity contribution in [3.8, 4) is 0 Å². The highest BCUT2D eigenvalue weighted by molar-refractivity contribution is 6.10. The lowest BCUT2D eigenvalue weighted by Gasteiger charge is -2.18. The number of rotatable bonds is 4. The van der Waals surface area contributed by atoms with Crippen molar-refractivity contribution in [2.24, 2.45) is 0 Å². The number of fused-ring (bicyclic) bond motifs is 1. The molecular weight excluding hydrogens is 348 g/mol. The second-order valence-corrected chi connectivity index (χ2v) is 6.89. The van der Waals surface area contributed by atoms with E-state index in [9.17, 15) is 19.7 Å². The van der Waals surface area contributed by atoms with Gasteiger partial charge >= 0.3 is 0 Å². The first-order chi connectivity index (χ1) is 12.7. The molecule has 0 unspecified atom stereocenters. The maximum absolute atomic E-state index is 12.6. The molecule has 2 aromatic carbocycles. The number of carbonyl (C=O) groups is 2. The molecule has 0 aliphatic carbocycles. The lowest BCUT2D eigenvalue weighted by molar-refractivity contribution is -0.383. The van der Waals surface area contributed by atoms with Gasteiger partial charge in [0.1, 0.15) is 5.69 Å². The summed E-state index contributed by atoms with van der Waals surface area (Å²) in [6.07, 6.45) is 0. The minimum absolute atomic E-state index is 0.0550. The van der Waals surface area contributed by atoms with E-state index in [-0.39, 0.29) is 17.3 Å². The molecule has 0 saturated carbocycles. The molecule has 2 amide bonds. The Labute approximate surface area is 156 Å². The summed E-state index contributed by atoms with van der Waals surface area (Å²) in [7, 11) is 0. The first-order valence-electron chi connectivity index (χ1n) is 8.48. The summed E-state index contributed by atoms with van der Waals surface area (Å²) in [5.74, 6) is -0.621. The molecule has 1 aliphatic rings. The molecule has 0 spiro atoms. The van der Waals surface area contributed by atoms with Crippen LogP contribution in [-0.4, -0.2) is 23.3 Å². The predicted octanol–water partition coefficient (Wildman–Crippen LogP) is 3.07. The first-order valence-corrected chi connectivity index (χ1v) is 8.48. The summed E-state index contributed by atoms with van der Waals surface area (Å²) in [5, 5.41) is 14.1. The van der Waals surface area contributed by atoms with Crippen LogP contribution < -0.4 is 16.0 Å². The highest BCUT2D eigenvalue weighted by Crippen LogP contribution is 2.45. The van der Waals surface area contributed by atoms with Crippen molar-refractivity contribution < 1.29 is 14.5 Å². The lowest BCUT2D eigenvalue weighted by Crippen LogP contribution is -2.35. The molecule has 27 heavy (non-hydrogen) atoms. The SMILES string of the molecule is CCN1C(=O)C(C)(C)c2cc(NC(=O)c3ccc(N)cc3)c([N+](=O)[O-])cc21. The minimum atomic E-state index is -0.832. The monoisotopic (exact) mass is 368 g/mol. The van der Waals surface area contributed by atoms with E-state index in [1.807, 2.05) is 6.92 Å². The van der Waals surface area contributed by atoms with Gasteiger partial charge in [-0.3, -0.25) is 19.7 Å². The quantitative estimate of drug-likeness (QED) is 0.488. The molecule has 3 N–H and O–H groups in total. The van der Waals surface area contributed by atoms with Gasteiger partial charge in [0.2, 0.25) is 5.91 Å². The molecule has 8 nitrogen and oxygen atoms in total. The van der Waals surface area contributed by atoms with Gasteiger partial charge in [-0.05, 0) is 56.7 Å². The molecule has 0 aromatic heterocycles. The number of amides is 2. The number of hydrogen-bond donors (Lipinski definition) is 2. The molecule has 0 bridgehead atoms. The van der Waals surface area contributed by atoms with Crippen LogP contribution in [0, 0.1) is 10.1 Å². The van der Waals surface area contributed by atoms with E-state index >= 15 is 0 Å². The number of anilines is 3. The van der Waals surface area contributed by atoms with E-state index in [2.05, 4.69) is 5.32 Å². The number of nitro benzene ring substituents is 1. The summed E-state index contributed by atoms with van der Waals surface area (Å²) >= 11 is 0. The normalized spacial score (nSPS) is 14.8. The van der Waals surface area contributed by atoms with E-state index in [1.165, 1.54) is 29.2 Å². The Hall–Kier alpha value is -3.42. The fourth-order valence-electron chi connectivity index (χ4n) is 3.26. The number of nitrogens with one attached hydrogen (secondary N) is 1. The van der Waals surface area contributed by atoms with Crippen LogP contribution in [0.3, 0.4) is 0 Å². The van der Waals surface area contributed by atoms with Crippen LogP contribution in [0.2, 0.25) is 0 Å². The fraction of sp³-hybridized carbons (Fsp3) is 0.263. The van der Waals surface area contributed by atoms with Gasteiger partial charge in [-0.1, -0.05) is 0 Å². The van der Waals surface area contributed by atoms with Crippen LogP contribution >= 0.6 is 0 Å². The summed E-state index contributed by atoms with van der Waals surface area (Å²) in [6.45, 7) is 5.75. The molecule has 2 aromatic rings. The van der Waals surface area contributed by atoms with Gasteiger partial charge in [0.15, 0.2) is 0 Å². The van der Waals surface area contributed by atoms with Crippen LogP contribution in [0.4, 0.5) is 22.7 Å². The third-order valence-electron chi connectivity index (χ3n) is 4.79. The van der Waals surface area contributed by atoms with Gasteiger partial charge < -0.3 is 16.0 Å². The van der Waals surface area contributed by atoms with Crippen molar-refractivity contribution in [1.29, 1.82) is 0 Å². The van der Waals surface area contributed by atoms with Crippen molar-refractivity contribution in [1.82, 2.24) is 0 Å². The summed E-state index contributed by atoms with van der Waals surface area (Å²) in [4.78, 5) is 37.6. The molecule has 0 atom stereocenters. The number of benzene rings is 2. The molecular formula is C19H20N4O4. The van der Waals surface area contributed by atoms with E-state index in [1.54, 1.807) is 26.0 Å². The Kier molecular flexibility index (Phi) is 4.35. The molecule has 0 radical (unpaired) electrons. The third kappa shape index (κ3) is 2.99. The maximum Gasteiger partial charge on any atom is 0.294 e. The van der Waals surface area contributed by atoms with Gasteiger partial charge in [-0.15, -0.1) is 0 Å². The topological polar surface area (TPSA) is 119 Å². The van der Waals surface area contributed by atoms with Crippen molar-refractivity contribution in [3.63, 3.8) is 0 Å². The summed E-state index contributed by atoms with van der Waals surface area (Å²) in [5.41, 5.74) is 6.56. The average Bonchev–Trinajstić information content (AvgIpc) is 2.80. The van der Waals surface area contributed by atoms with Crippen LogP contribution in [0.25, 0.3) is 0 Å². The number of nitrogen functional groups attached to an aromatic ring is 1. The maximum atomic E-state index is 12.6. The number of likely N-dealkylation sites (N-methyl/N-ethyl adjacent to an activating group) is 1. The van der Waals surface area contributed by atoms with Crippen LogP contribution in [0.5, 0.6) is 0 Å². The number of hydrogen-bond acceptors (Lipinski definition) is 5. The smallest absolute Gasteiger partial charge is 0.294 e. The highest BCUT2D eigenvalue weighted by atomic mass is 16.6. The molecule has 1 aliphatic heterocycles. The number of nitrogens with zero attached hydrogens (tertiary/aromatic N) is 2. The highest BCUT2D eigenvalue weighted by Gasteiger charge is 2.44. The molecule has 1 heterocycles. The number of carbonyl (C=O) groups excluding carboxylic acids is 2. The fourth-order valence-corrected chi connectivity index (χ4v) is 3.26. The van der Waals surface area contributed by atoms with Gasteiger partial charge in [0.25, 0.3) is 11.6 Å². The zero-order valence-corrected chi connectivity index (χ0v) is 15.3. The predicted molar refractivity (Wildman–Crippen MR) is 103 cm³/mol. The second-order valence-electron chi connectivity index (χ2n) is 6.89. The van der Waals surface area contributed by atoms with Gasteiger partial charge in [0.05, 0.1) is 16.0 Å². The first kappa shape index (κ1) is 18.4. The van der Waals surface area contributed by atoms with Crippen LogP contribution in [-0.2, 0) is 10.2 Å². The Morgan fingerprint density at radius 3 is 2.44 bits per heavy atom. The largest absolute Gasteiger partial charge is 0.399 e. The van der Waals surface area contributed by atoms with E-state index < -0.39 is 16.2 Å². The molecule has 140 valence electrons. The van der Waals surface area contributed by atoms with Crippen LogP contribution in [0.1, 0.15) is 36.7 Å². The van der Waals surface area contributed by atoms with E-state index in [0.717, 1.165) is 0 Å². The van der Waals surface area contributed by atoms with E-state index in [0.29, 0.717) is 29.0 Å². The van der Waals surface area contributed by atoms with Gasteiger partial charge in [-0.2, -0.15) is 0 Å². The molecule has 0 fully saturated rings. The van der Waals surface area contributed by atoms with Gasteiger partial charge in [0, 0.05) is 23.9 Å².